The van der Waals surface area contributed by atoms with E-state index in [1.165, 1.54) is 0 Å². The van der Waals surface area contributed by atoms with Crippen molar-refractivity contribution < 1.29 is 4.79 Å². The van der Waals surface area contributed by atoms with Gasteiger partial charge < -0.3 is 5.32 Å². The van der Waals surface area contributed by atoms with E-state index in [0.717, 1.165) is 32.1 Å². The predicted molar refractivity (Wildman–Crippen MR) is 98.2 cm³/mol. The van der Waals surface area contributed by atoms with Crippen molar-refractivity contribution in [3.63, 3.8) is 0 Å². The molecule has 2 nitrogen and oxygen atoms in total. The van der Waals surface area contributed by atoms with E-state index in [9.17, 15) is 4.79 Å². The minimum absolute atomic E-state index is 0.0124. The van der Waals surface area contributed by atoms with E-state index >= 15 is 0 Å². The molecule has 3 aromatic carbocycles. The molecule has 1 atom stereocenters. The van der Waals surface area contributed by atoms with Gasteiger partial charge in [0.1, 0.15) is 0 Å². The van der Waals surface area contributed by atoms with Crippen molar-refractivity contribution in [2.24, 2.45) is 0 Å². The standard InChI is InChI=1S/C19H13BrClNO/c20-17-9-16-15(11-4-3-5-12(21)8-11)10-18(23)22-19(16)14-7-2-1-6-13(14)17/h1-9,15H,10H2,(H,22,23)/t15-/m0/s1. The van der Waals surface area contributed by atoms with Crippen LogP contribution in [0.5, 0.6) is 0 Å². The third-order valence-corrected chi connectivity index (χ3v) is 5.20. The molecular weight excluding hydrogens is 374 g/mol. The van der Waals surface area contributed by atoms with Crippen molar-refractivity contribution in [3.8, 4) is 0 Å². The fraction of sp³-hybridized carbons (Fsp3) is 0.105. The van der Waals surface area contributed by atoms with Crippen molar-refractivity contribution in [3.05, 3.63) is 75.2 Å². The maximum absolute atomic E-state index is 12.3. The zero-order valence-corrected chi connectivity index (χ0v) is 14.5. The summed E-state index contributed by atoms with van der Waals surface area (Å²) in [5, 5.41) is 5.89. The number of carbonyl (C=O) groups excluding carboxylic acids is 1. The smallest absolute Gasteiger partial charge is 0.225 e. The summed E-state index contributed by atoms with van der Waals surface area (Å²) in [5.41, 5.74) is 3.10. The van der Waals surface area contributed by atoms with E-state index in [1.54, 1.807) is 0 Å². The first-order valence-corrected chi connectivity index (χ1v) is 8.57. The number of amides is 1. The second-order valence-corrected chi connectivity index (χ2v) is 7.02. The quantitative estimate of drug-likeness (QED) is 0.568. The van der Waals surface area contributed by atoms with Crippen LogP contribution in [0.15, 0.2) is 59.1 Å². The summed E-state index contributed by atoms with van der Waals surface area (Å²) in [5.74, 6) is 0.0494. The highest BCUT2D eigenvalue weighted by molar-refractivity contribution is 9.10. The van der Waals surface area contributed by atoms with E-state index in [2.05, 4.69) is 33.4 Å². The Balaban J connectivity index is 1.99. The van der Waals surface area contributed by atoms with Crippen LogP contribution in [0.4, 0.5) is 5.69 Å². The average molecular weight is 387 g/mol. The molecule has 0 unspecified atom stereocenters. The fourth-order valence-corrected chi connectivity index (χ4v) is 4.06. The highest BCUT2D eigenvalue weighted by Gasteiger charge is 2.28. The Labute approximate surface area is 147 Å². The van der Waals surface area contributed by atoms with Gasteiger partial charge in [-0.25, -0.2) is 0 Å². The first kappa shape index (κ1) is 14.7. The van der Waals surface area contributed by atoms with Crippen LogP contribution in [0, 0.1) is 0 Å². The second-order valence-electron chi connectivity index (χ2n) is 5.73. The molecule has 0 saturated carbocycles. The molecule has 0 aromatic heterocycles. The number of anilines is 1. The van der Waals surface area contributed by atoms with Gasteiger partial charge in [-0.3, -0.25) is 4.79 Å². The maximum atomic E-state index is 12.3. The molecule has 114 valence electrons. The van der Waals surface area contributed by atoms with Crippen molar-refractivity contribution in [1.82, 2.24) is 0 Å². The highest BCUT2D eigenvalue weighted by Crippen LogP contribution is 2.43. The molecule has 1 aliphatic heterocycles. The normalized spacial score (nSPS) is 17.0. The lowest BCUT2D eigenvalue weighted by Gasteiger charge is -2.28. The molecule has 0 spiro atoms. The van der Waals surface area contributed by atoms with Crippen LogP contribution in [0.1, 0.15) is 23.5 Å². The van der Waals surface area contributed by atoms with Crippen LogP contribution in [0.25, 0.3) is 10.8 Å². The molecule has 23 heavy (non-hydrogen) atoms. The Morgan fingerprint density at radius 1 is 1.04 bits per heavy atom. The molecule has 1 heterocycles. The van der Waals surface area contributed by atoms with Crippen LogP contribution >= 0.6 is 27.5 Å². The van der Waals surface area contributed by atoms with Crippen LogP contribution < -0.4 is 5.32 Å². The lowest BCUT2D eigenvalue weighted by molar-refractivity contribution is -0.116. The van der Waals surface area contributed by atoms with Gasteiger partial charge in [0.05, 0.1) is 5.69 Å². The predicted octanol–water partition coefficient (Wildman–Crippen LogP) is 5.73. The molecule has 0 aliphatic carbocycles. The topological polar surface area (TPSA) is 29.1 Å². The van der Waals surface area contributed by atoms with Crippen LogP contribution in [-0.2, 0) is 4.79 Å². The van der Waals surface area contributed by atoms with Gasteiger partial charge in [-0.1, -0.05) is 63.9 Å². The monoisotopic (exact) mass is 385 g/mol. The second kappa shape index (κ2) is 5.66. The van der Waals surface area contributed by atoms with E-state index in [0.29, 0.717) is 11.4 Å². The molecule has 4 heteroatoms. The van der Waals surface area contributed by atoms with Crippen molar-refractivity contribution >= 4 is 49.9 Å². The van der Waals surface area contributed by atoms with Gasteiger partial charge in [-0.05, 0) is 34.7 Å². The van der Waals surface area contributed by atoms with Crippen LogP contribution in [0.2, 0.25) is 5.02 Å². The minimum Gasteiger partial charge on any atom is -0.325 e. The SMILES string of the molecule is O=C1C[C@@H](c2cccc(Cl)c2)c2cc(Br)c3ccccc3c2N1. The Bertz CT molecular complexity index is 938. The summed E-state index contributed by atoms with van der Waals surface area (Å²) in [7, 11) is 0. The van der Waals surface area contributed by atoms with Gasteiger partial charge in [0.25, 0.3) is 0 Å². The van der Waals surface area contributed by atoms with Crippen molar-refractivity contribution in [2.45, 2.75) is 12.3 Å². The van der Waals surface area contributed by atoms with Gasteiger partial charge in [-0.15, -0.1) is 0 Å². The molecule has 3 aromatic rings. The van der Waals surface area contributed by atoms with Gasteiger partial charge in [0.2, 0.25) is 5.91 Å². The number of rotatable bonds is 1. The van der Waals surface area contributed by atoms with E-state index in [-0.39, 0.29) is 11.8 Å². The number of nitrogens with one attached hydrogen (secondary N) is 1. The van der Waals surface area contributed by atoms with E-state index < -0.39 is 0 Å². The molecule has 0 fully saturated rings. The van der Waals surface area contributed by atoms with Crippen LogP contribution in [0.3, 0.4) is 0 Å². The highest BCUT2D eigenvalue weighted by atomic mass is 79.9. The molecule has 0 radical (unpaired) electrons. The summed E-state index contributed by atoms with van der Waals surface area (Å²) >= 11 is 9.81. The summed E-state index contributed by atoms with van der Waals surface area (Å²) < 4.78 is 1.04. The van der Waals surface area contributed by atoms with Crippen LogP contribution in [-0.4, -0.2) is 5.91 Å². The molecule has 0 bridgehead atoms. The van der Waals surface area contributed by atoms with Crippen molar-refractivity contribution in [2.75, 3.05) is 5.32 Å². The Hall–Kier alpha value is -1.84. The van der Waals surface area contributed by atoms with Crippen molar-refractivity contribution in [1.29, 1.82) is 0 Å². The lowest BCUT2D eigenvalue weighted by Crippen LogP contribution is -2.23. The lowest BCUT2D eigenvalue weighted by atomic mass is 9.83. The first-order valence-electron chi connectivity index (χ1n) is 7.40. The van der Waals surface area contributed by atoms with Gasteiger partial charge in [0.15, 0.2) is 0 Å². The zero-order valence-electron chi connectivity index (χ0n) is 12.1. The Kier molecular flexibility index (Phi) is 3.63. The summed E-state index contributed by atoms with van der Waals surface area (Å²) in [6, 6.07) is 17.9. The number of benzene rings is 3. The maximum Gasteiger partial charge on any atom is 0.225 e. The summed E-state index contributed by atoms with van der Waals surface area (Å²) in [6.07, 6.45) is 0.429. The third kappa shape index (κ3) is 2.54. The molecule has 1 aliphatic rings. The minimum atomic E-state index is 0.0124. The Morgan fingerprint density at radius 2 is 1.83 bits per heavy atom. The number of carbonyl (C=O) groups is 1. The zero-order chi connectivity index (χ0) is 16.0. The molecule has 1 N–H and O–H groups in total. The number of fused-ring (bicyclic) bond motifs is 3. The molecule has 4 rings (SSSR count). The first-order chi connectivity index (χ1) is 11.1. The van der Waals surface area contributed by atoms with Gasteiger partial charge in [0, 0.05) is 27.2 Å². The van der Waals surface area contributed by atoms with E-state index in [1.807, 2.05) is 42.5 Å². The van der Waals surface area contributed by atoms with E-state index in [4.69, 9.17) is 11.6 Å². The summed E-state index contributed by atoms with van der Waals surface area (Å²) in [6.45, 7) is 0. The number of hydrogen-bond donors (Lipinski definition) is 1. The number of hydrogen-bond acceptors (Lipinski definition) is 1. The average Bonchev–Trinajstić information content (AvgIpc) is 2.55. The largest absolute Gasteiger partial charge is 0.325 e. The molecule has 0 saturated heterocycles. The summed E-state index contributed by atoms with van der Waals surface area (Å²) in [4.78, 5) is 12.3. The molecule has 1 amide bonds. The molecular formula is C19H13BrClNO. The van der Waals surface area contributed by atoms with Gasteiger partial charge in [-0.2, -0.15) is 0 Å². The third-order valence-electron chi connectivity index (χ3n) is 4.31. The van der Waals surface area contributed by atoms with Gasteiger partial charge >= 0.3 is 0 Å². The fourth-order valence-electron chi connectivity index (χ4n) is 3.27. The number of halogens is 2. The Morgan fingerprint density at radius 3 is 2.61 bits per heavy atom.